The molecule has 0 saturated carbocycles. The molecule has 2 atom stereocenters. The van der Waals surface area contributed by atoms with E-state index in [1.165, 1.54) is 0 Å². The topological polar surface area (TPSA) is 54.8 Å². The highest BCUT2D eigenvalue weighted by Crippen LogP contribution is 2.42. The number of benzene rings is 2. The number of hydrogen-bond acceptors (Lipinski definition) is 3. The molecule has 3 aromatic rings. The molecule has 0 saturated heterocycles. The van der Waals surface area contributed by atoms with E-state index in [0.717, 1.165) is 54.1 Å². The number of aromatic nitrogens is 1. The van der Waals surface area contributed by atoms with Crippen molar-refractivity contribution in [3.8, 4) is 11.4 Å². The molecule has 2 amide bonds. The van der Waals surface area contributed by atoms with Crippen molar-refractivity contribution in [1.82, 2.24) is 9.47 Å². The van der Waals surface area contributed by atoms with E-state index < -0.39 is 0 Å². The van der Waals surface area contributed by atoms with Crippen molar-refractivity contribution in [3.63, 3.8) is 0 Å². The molecule has 0 spiro atoms. The molecule has 0 N–H and O–H groups in total. The summed E-state index contributed by atoms with van der Waals surface area (Å²) in [6.07, 6.45) is 5.75. The van der Waals surface area contributed by atoms with Crippen LogP contribution in [-0.2, 0) is 9.59 Å². The molecule has 1 aliphatic rings. The van der Waals surface area contributed by atoms with E-state index in [-0.39, 0.29) is 36.4 Å². The fourth-order valence-electron chi connectivity index (χ4n) is 5.29. The second kappa shape index (κ2) is 11.7. The fourth-order valence-corrected chi connectivity index (χ4v) is 5.29. The average molecular weight is 502 g/mol. The molecule has 1 aliphatic heterocycles. The van der Waals surface area contributed by atoms with Crippen LogP contribution in [0.2, 0.25) is 0 Å². The smallest absolute Gasteiger partial charge is 0.247 e. The SMILES string of the molecule is CCCCC(CC)C(=O)N(CC(=O)N1c2ccccc2-n2cccc2C1c1ccc(OC)cc1)C(C)C. The maximum Gasteiger partial charge on any atom is 0.247 e. The van der Waals surface area contributed by atoms with Gasteiger partial charge in [-0.25, -0.2) is 0 Å². The zero-order valence-electron chi connectivity index (χ0n) is 22.7. The first-order valence-electron chi connectivity index (χ1n) is 13.4. The third kappa shape index (κ3) is 5.29. The molecule has 0 radical (unpaired) electrons. The van der Waals surface area contributed by atoms with E-state index in [4.69, 9.17) is 4.74 Å². The molecule has 2 aromatic carbocycles. The van der Waals surface area contributed by atoms with Crippen LogP contribution in [0, 0.1) is 5.92 Å². The van der Waals surface area contributed by atoms with Gasteiger partial charge in [0, 0.05) is 18.2 Å². The Bertz CT molecular complexity index is 1210. The van der Waals surface area contributed by atoms with E-state index in [9.17, 15) is 9.59 Å². The van der Waals surface area contributed by atoms with Gasteiger partial charge in [-0.2, -0.15) is 0 Å². The van der Waals surface area contributed by atoms with Gasteiger partial charge in [0.1, 0.15) is 18.3 Å². The lowest BCUT2D eigenvalue weighted by Crippen LogP contribution is -2.50. The van der Waals surface area contributed by atoms with Gasteiger partial charge in [0.15, 0.2) is 0 Å². The van der Waals surface area contributed by atoms with Crippen LogP contribution in [0.4, 0.5) is 5.69 Å². The van der Waals surface area contributed by atoms with Crippen LogP contribution in [-0.4, -0.2) is 41.0 Å². The van der Waals surface area contributed by atoms with Crippen LogP contribution in [0.15, 0.2) is 66.9 Å². The van der Waals surface area contributed by atoms with Crippen LogP contribution in [0.5, 0.6) is 5.75 Å². The standard InChI is InChI=1S/C31H39N3O3/c1-6-8-12-23(7-2)31(36)33(22(3)4)21-29(35)34-27-14-10-9-13-26(27)32-20-11-15-28(32)30(34)24-16-18-25(37-5)19-17-24/h9-11,13-20,22-23,30H,6-8,12,21H2,1-5H3. The Labute approximate surface area is 220 Å². The Balaban J connectivity index is 1.74. The quantitative estimate of drug-likeness (QED) is 0.324. The molecule has 1 aromatic heterocycles. The number of nitrogens with zero attached hydrogens (tertiary/aromatic N) is 3. The van der Waals surface area contributed by atoms with Crippen LogP contribution >= 0.6 is 0 Å². The minimum Gasteiger partial charge on any atom is -0.497 e. The first-order valence-corrected chi connectivity index (χ1v) is 13.4. The lowest BCUT2D eigenvalue weighted by atomic mass is 9.96. The van der Waals surface area contributed by atoms with Crippen LogP contribution in [0.3, 0.4) is 0 Å². The Morgan fingerprint density at radius 1 is 0.973 bits per heavy atom. The summed E-state index contributed by atoms with van der Waals surface area (Å²) in [5.74, 6) is 0.697. The highest BCUT2D eigenvalue weighted by molar-refractivity contribution is 6.00. The molecular weight excluding hydrogens is 462 g/mol. The summed E-state index contributed by atoms with van der Waals surface area (Å²) in [4.78, 5) is 31.5. The van der Waals surface area contributed by atoms with Gasteiger partial charge in [-0.1, -0.05) is 51.0 Å². The molecule has 196 valence electrons. The molecule has 37 heavy (non-hydrogen) atoms. The van der Waals surface area contributed by atoms with Crippen molar-refractivity contribution >= 4 is 17.5 Å². The molecule has 4 rings (SSSR count). The number of ether oxygens (including phenoxy) is 1. The van der Waals surface area contributed by atoms with Crippen LogP contribution < -0.4 is 9.64 Å². The van der Waals surface area contributed by atoms with E-state index in [2.05, 4.69) is 24.5 Å². The summed E-state index contributed by atoms with van der Waals surface area (Å²) in [7, 11) is 1.65. The van der Waals surface area contributed by atoms with E-state index in [0.29, 0.717) is 0 Å². The van der Waals surface area contributed by atoms with Gasteiger partial charge < -0.3 is 14.2 Å². The highest BCUT2D eigenvalue weighted by atomic mass is 16.5. The lowest BCUT2D eigenvalue weighted by Gasteiger charge is -2.40. The zero-order valence-corrected chi connectivity index (χ0v) is 22.7. The predicted molar refractivity (Wildman–Crippen MR) is 148 cm³/mol. The van der Waals surface area contributed by atoms with Crippen molar-refractivity contribution in [1.29, 1.82) is 0 Å². The Hall–Kier alpha value is -3.54. The van der Waals surface area contributed by atoms with Crippen LogP contribution in [0.1, 0.15) is 70.7 Å². The molecule has 6 heteroatoms. The number of anilines is 1. The molecule has 0 fully saturated rings. The molecule has 6 nitrogen and oxygen atoms in total. The second-order valence-corrected chi connectivity index (χ2v) is 10.0. The van der Waals surface area contributed by atoms with Crippen molar-refractivity contribution in [3.05, 3.63) is 78.1 Å². The summed E-state index contributed by atoms with van der Waals surface area (Å²) < 4.78 is 7.53. The Morgan fingerprint density at radius 2 is 1.68 bits per heavy atom. The second-order valence-electron chi connectivity index (χ2n) is 10.0. The largest absolute Gasteiger partial charge is 0.497 e. The number of hydrogen-bond donors (Lipinski definition) is 0. The zero-order chi connectivity index (χ0) is 26.5. The third-order valence-corrected chi connectivity index (χ3v) is 7.38. The molecule has 2 unspecified atom stereocenters. The van der Waals surface area contributed by atoms with Crippen molar-refractivity contribution in [2.45, 2.75) is 65.5 Å². The number of unbranched alkanes of at least 4 members (excludes halogenated alkanes) is 1. The summed E-state index contributed by atoms with van der Waals surface area (Å²) >= 11 is 0. The number of carbonyl (C=O) groups excluding carboxylic acids is 2. The number of rotatable bonds is 10. The summed E-state index contributed by atoms with van der Waals surface area (Å²) in [6, 6.07) is 19.5. The Kier molecular flexibility index (Phi) is 8.37. The molecular formula is C31H39N3O3. The van der Waals surface area contributed by atoms with Gasteiger partial charge in [-0.05, 0) is 68.7 Å². The number of amides is 2. The summed E-state index contributed by atoms with van der Waals surface area (Å²) in [5.41, 5.74) is 3.79. The van der Waals surface area contributed by atoms with Crippen molar-refractivity contribution in [2.24, 2.45) is 5.92 Å². The van der Waals surface area contributed by atoms with Crippen molar-refractivity contribution in [2.75, 3.05) is 18.6 Å². The predicted octanol–water partition coefficient (Wildman–Crippen LogP) is 6.38. The van der Waals surface area contributed by atoms with E-state index >= 15 is 0 Å². The first-order chi connectivity index (χ1) is 17.9. The number of carbonyl (C=O) groups is 2. The van der Waals surface area contributed by atoms with Gasteiger partial charge in [-0.3, -0.25) is 14.5 Å². The minimum absolute atomic E-state index is 0.0425. The van der Waals surface area contributed by atoms with Crippen molar-refractivity contribution < 1.29 is 14.3 Å². The lowest BCUT2D eigenvalue weighted by molar-refractivity contribution is -0.141. The molecule has 2 heterocycles. The first kappa shape index (κ1) is 26.5. The monoisotopic (exact) mass is 501 g/mol. The van der Waals surface area contributed by atoms with Gasteiger partial charge in [0.25, 0.3) is 0 Å². The maximum absolute atomic E-state index is 14.2. The number of methoxy groups -OCH3 is 1. The fraction of sp³-hybridized carbons (Fsp3) is 0.419. The highest BCUT2D eigenvalue weighted by Gasteiger charge is 2.37. The van der Waals surface area contributed by atoms with E-state index in [1.54, 1.807) is 12.0 Å². The van der Waals surface area contributed by atoms with E-state index in [1.807, 2.05) is 79.5 Å². The minimum atomic E-state index is -0.325. The summed E-state index contributed by atoms with van der Waals surface area (Å²) in [6.45, 7) is 8.24. The summed E-state index contributed by atoms with van der Waals surface area (Å²) in [5, 5.41) is 0. The molecule has 0 aliphatic carbocycles. The van der Waals surface area contributed by atoms with Crippen LogP contribution in [0.25, 0.3) is 5.69 Å². The Morgan fingerprint density at radius 3 is 2.30 bits per heavy atom. The number of fused-ring (bicyclic) bond motifs is 3. The third-order valence-electron chi connectivity index (χ3n) is 7.38. The van der Waals surface area contributed by atoms with Gasteiger partial charge in [0.2, 0.25) is 11.8 Å². The number of para-hydroxylation sites is 2. The normalized spacial score (nSPS) is 15.2. The molecule has 0 bridgehead atoms. The maximum atomic E-state index is 14.2. The average Bonchev–Trinajstić information content (AvgIpc) is 3.41. The van der Waals surface area contributed by atoms with Gasteiger partial charge in [0.05, 0.1) is 24.2 Å². The van der Waals surface area contributed by atoms with Gasteiger partial charge in [-0.15, -0.1) is 0 Å². The van der Waals surface area contributed by atoms with Gasteiger partial charge >= 0.3 is 0 Å².